The molecule has 0 spiro atoms. The summed E-state index contributed by atoms with van der Waals surface area (Å²) in [5.41, 5.74) is 1.21. The topological polar surface area (TPSA) is 50.3 Å². The molecule has 2 aromatic rings. The molecule has 0 saturated carbocycles. The highest BCUT2D eigenvalue weighted by molar-refractivity contribution is 5.49. The Labute approximate surface area is 126 Å². The van der Waals surface area contributed by atoms with Gasteiger partial charge in [-0.1, -0.05) is 19.1 Å². The van der Waals surface area contributed by atoms with Crippen molar-refractivity contribution in [3.05, 3.63) is 41.7 Å². The maximum Gasteiger partial charge on any atom is 0.134 e. The molecule has 21 heavy (non-hydrogen) atoms. The second kappa shape index (κ2) is 6.92. The fourth-order valence-electron chi connectivity index (χ4n) is 2.05. The second-order valence-electron chi connectivity index (χ2n) is 4.84. The number of rotatable bonds is 6. The fourth-order valence-corrected chi connectivity index (χ4v) is 2.05. The van der Waals surface area contributed by atoms with Crippen LogP contribution in [-0.4, -0.2) is 31.2 Å². The molecule has 112 valence electrons. The number of anilines is 2. The van der Waals surface area contributed by atoms with E-state index < -0.39 is 0 Å². The van der Waals surface area contributed by atoms with Crippen LogP contribution < -0.4 is 15.0 Å². The minimum Gasteiger partial charge on any atom is -0.497 e. The number of hydrogen-bond donors (Lipinski definition) is 1. The molecule has 0 saturated heterocycles. The predicted octanol–water partition coefficient (Wildman–Crippen LogP) is 2.73. The minimum atomic E-state index is 0.785. The van der Waals surface area contributed by atoms with E-state index >= 15 is 0 Å². The summed E-state index contributed by atoms with van der Waals surface area (Å²) in [5.74, 6) is 3.48. The fraction of sp³-hybridized carbons (Fsp3) is 0.375. The summed E-state index contributed by atoms with van der Waals surface area (Å²) in [5, 5.41) is 3.08. The molecule has 0 fully saturated rings. The molecule has 5 heteroatoms. The SMILES string of the molecule is CCc1nc(NC)cc(N(C)Cc2ccc(OC)cc2)n1. The van der Waals surface area contributed by atoms with Crippen molar-refractivity contribution < 1.29 is 4.74 Å². The molecular weight excluding hydrogens is 264 g/mol. The average molecular weight is 286 g/mol. The number of aryl methyl sites for hydroxylation is 1. The summed E-state index contributed by atoms with van der Waals surface area (Å²) < 4.78 is 5.18. The molecule has 0 radical (unpaired) electrons. The average Bonchev–Trinajstić information content (AvgIpc) is 2.54. The summed E-state index contributed by atoms with van der Waals surface area (Å²) >= 11 is 0. The van der Waals surface area contributed by atoms with E-state index in [1.54, 1.807) is 7.11 Å². The molecule has 1 aromatic heterocycles. The first kappa shape index (κ1) is 15.1. The number of nitrogens with one attached hydrogen (secondary N) is 1. The van der Waals surface area contributed by atoms with Gasteiger partial charge in [0.1, 0.15) is 23.2 Å². The summed E-state index contributed by atoms with van der Waals surface area (Å²) in [6, 6.07) is 10.0. The summed E-state index contributed by atoms with van der Waals surface area (Å²) in [7, 11) is 5.58. The molecule has 0 unspecified atom stereocenters. The summed E-state index contributed by atoms with van der Waals surface area (Å²) in [6.45, 7) is 2.84. The first-order valence-corrected chi connectivity index (χ1v) is 7.06. The Morgan fingerprint density at radius 3 is 2.48 bits per heavy atom. The van der Waals surface area contributed by atoms with E-state index in [0.717, 1.165) is 36.2 Å². The van der Waals surface area contributed by atoms with Gasteiger partial charge in [0.05, 0.1) is 7.11 Å². The monoisotopic (exact) mass is 286 g/mol. The standard InChI is InChI=1S/C16H22N4O/c1-5-14-18-15(17-2)10-16(19-14)20(3)11-12-6-8-13(21-4)9-7-12/h6-10H,5,11H2,1-4H3,(H,17,18,19). The van der Waals surface area contributed by atoms with Crippen molar-refractivity contribution in [1.29, 1.82) is 0 Å². The number of ether oxygens (including phenoxy) is 1. The Balaban J connectivity index is 2.16. The Morgan fingerprint density at radius 2 is 1.90 bits per heavy atom. The van der Waals surface area contributed by atoms with Gasteiger partial charge in [-0.05, 0) is 17.7 Å². The van der Waals surface area contributed by atoms with Crippen molar-refractivity contribution in [2.24, 2.45) is 0 Å². The molecule has 1 heterocycles. The highest BCUT2D eigenvalue weighted by Crippen LogP contribution is 2.18. The van der Waals surface area contributed by atoms with Gasteiger partial charge in [0.2, 0.25) is 0 Å². The molecule has 5 nitrogen and oxygen atoms in total. The molecule has 1 aromatic carbocycles. The second-order valence-corrected chi connectivity index (χ2v) is 4.84. The molecule has 1 N–H and O–H groups in total. The maximum atomic E-state index is 5.18. The van der Waals surface area contributed by atoms with E-state index in [1.165, 1.54) is 5.56 Å². The number of nitrogens with zero attached hydrogens (tertiary/aromatic N) is 3. The highest BCUT2D eigenvalue weighted by Gasteiger charge is 2.08. The van der Waals surface area contributed by atoms with Crippen LogP contribution in [0.25, 0.3) is 0 Å². The van der Waals surface area contributed by atoms with Crippen LogP contribution in [0.2, 0.25) is 0 Å². The lowest BCUT2D eigenvalue weighted by molar-refractivity contribution is 0.414. The van der Waals surface area contributed by atoms with Gasteiger partial charge in [-0.25, -0.2) is 9.97 Å². The molecule has 2 rings (SSSR count). The van der Waals surface area contributed by atoms with Gasteiger partial charge in [-0.3, -0.25) is 0 Å². The van der Waals surface area contributed by atoms with E-state index in [4.69, 9.17) is 4.74 Å². The van der Waals surface area contributed by atoms with Crippen molar-refractivity contribution in [3.63, 3.8) is 0 Å². The Bertz CT molecular complexity index is 561. The third-order valence-corrected chi connectivity index (χ3v) is 3.30. The molecular formula is C16H22N4O. The smallest absolute Gasteiger partial charge is 0.134 e. The number of methoxy groups -OCH3 is 1. The largest absolute Gasteiger partial charge is 0.497 e. The third kappa shape index (κ3) is 3.84. The van der Waals surface area contributed by atoms with Crippen LogP contribution in [-0.2, 0) is 13.0 Å². The van der Waals surface area contributed by atoms with Crippen LogP contribution in [0.5, 0.6) is 5.75 Å². The molecule has 0 bridgehead atoms. The van der Waals surface area contributed by atoms with E-state index in [1.807, 2.05) is 32.3 Å². The van der Waals surface area contributed by atoms with Crippen molar-refractivity contribution in [2.75, 3.05) is 31.4 Å². The highest BCUT2D eigenvalue weighted by atomic mass is 16.5. The van der Waals surface area contributed by atoms with E-state index in [9.17, 15) is 0 Å². The Kier molecular flexibility index (Phi) is 4.98. The molecule has 0 aliphatic rings. The lowest BCUT2D eigenvalue weighted by atomic mass is 10.2. The quantitative estimate of drug-likeness (QED) is 0.885. The van der Waals surface area contributed by atoms with Gasteiger partial charge >= 0.3 is 0 Å². The van der Waals surface area contributed by atoms with Crippen LogP contribution in [0.3, 0.4) is 0 Å². The lowest BCUT2D eigenvalue weighted by Crippen LogP contribution is -2.19. The van der Waals surface area contributed by atoms with Crippen molar-refractivity contribution >= 4 is 11.6 Å². The lowest BCUT2D eigenvalue weighted by Gasteiger charge is -2.19. The number of benzene rings is 1. The van der Waals surface area contributed by atoms with E-state index in [0.29, 0.717) is 0 Å². The van der Waals surface area contributed by atoms with Crippen LogP contribution in [0.1, 0.15) is 18.3 Å². The van der Waals surface area contributed by atoms with E-state index in [2.05, 4.69) is 39.2 Å². The van der Waals surface area contributed by atoms with Gasteiger partial charge in [0.25, 0.3) is 0 Å². The molecule has 0 atom stereocenters. The summed E-state index contributed by atoms with van der Waals surface area (Å²) in [6.07, 6.45) is 0.818. The number of aromatic nitrogens is 2. The Hall–Kier alpha value is -2.30. The van der Waals surface area contributed by atoms with Crippen LogP contribution in [0, 0.1) is 0 Å². The van der Waals surface area contributed by atoms with Crippen molar-refractivity contribution in [3.8, 4) is 5.75 Å². The van der Waals surface area contributed by atoms with Crippen molar-refractivity contribution in [2.45, 2.75) is 19.9 Å². The first-order valence-electron chi connectivity index (χ1n) is 7.06. The predicted molar refractivity (Wildman–Crippen MR) is 86.1 cm³/mol. The van der Waals surface area contributed by atoms with Gasteiger partial charge in [-0.2, -0.15) is 0 Å². The normalized spacial score (nSPS) is 10.3. The van der Waals surface area contributed by atoms with Gasteiger partial charge in [0, 0.05) is 33.1 Å². The van der Waals surface area contributed by atoms with Gasteiger partial charge in [-0.15, -0.1) is 0 Å². The van der Waals surface area contributed by atoms with Crippen molar-refractivity contribution in [1.82, 2.24) is 9.97 Å². The molecule has 0 aliphatic heterocycles. The molecule has 0 amide bonds. The molecule has 0 aliphatic carbocycles. The maximum absolute atomic E-state index is 5.18. The first-order chi connectivity index (χ1) is 10.2. The minimum absolute atomic E-state index is 0.785. The van der Waals surface area contributed by atoms with E-state index in [-0.39, 0.29) is 0 Å². The third-order valence-electron chi connectivity index (χ3n) is 3.30. The zero-order valence-corrected chi connectivity index (χ0v) is 13.1. The van der Waals surface area contributed by atoms with Gasteiger partial charge < -0.3 is 15.0 Å². The zero-order valence-electron chi connectivity index (χ0n) is 13.1. The Morgan fingerprint density at radius 1 is 1.19 bits per heavy atom. The number of hydrogen-bond acceptors (Lipinski definition) is 5. The van der Waals surface area contributed by atoms with Crippen LogP contribution in [0.15, 0.2) is 30.3 Å². The zero-order chi connectivity index (χ0) is 15.2. The summed E-state index contributed by atoms with van der Waals surface area (Å²) in [4.78, 5) is 11.1. The van der Waals surface area contributed by atoms with Crippen LogP contribution >= 0.6 is 0 Å². The van der Waals surface area contributed by atoms with Gasteiger partial charge in [0.15, 0.2) is 0 Å². The van der Waals surface area contributed by atoms with Crippen LogP contribution in [0.4, 0.5) is 11.6 Å².